The van der Waals surface area contributed by atoms with Crippen molar-refractivity contribution in [3.63, 3.8) is 0 Å². The number of carbonyl (C=O) groups excluding carboxylic acids is 2. The first kappa shape index (κ1) is 15.9. The van der Waals surface area contributed by atoms with Crippen LogP contribution in [0.1, 0.15) is 18.1 Å². The molecule has 1 aliphatic rings. The van der Waals surface area contributed by atoms with Gasteiger partial charge in [-0.3, -0.25) is 9.69 Å². The lowest BCUT2D eigenvalue weighted by Gasteiger charge is -2.24. The Hall–Kier alpha value is -2.50. The number of fused-ring (bicyclic) bond motifs is 1. The van der Waals surface area contributed by atoms with Crippen LogP contribution in [-0.4, -0.2) is 49.6 Å². The number of rotatable bonds is 3. The van der Waals surface area contributed by atoms with Crippen molar-refractivity contribution in [2.45, 2.75) is 13.8 Å². The summed E-state index contributed by atoms with van der Waals surface area (Å²) < 4.78 is 11.4. The van der Waals surface area contributed by atoms with Gasteiger partial charge in [0.1, 0.15) is 13.2 Å². The summed E-state index contributed by atoms with van der Waals surface area (Å²) in [5.74, 6) is 1.43. The average Bonchev–Trinajstić information content (AvgIpc) is 2.55. The second kappa shape index (κ2) is 6.51. The Kier molecular flexibility index (Phi) is 4.70. The number of imide groups is 1. The third kappa shape index (κ3) is 3.05. The molecule has 0 spiro atoms. The SMILES string of the molecule is C/C(=C\c1ccc(C)c2c1OCCO2)N(C)C(=O)N(C)C=O. The molecule has 6 nitrogen and oxygen atoms in total. The summed E-state index contributed by atoms with van der Waals surface area (Å²) in [7, 11) is 3.04. The maximum atomic E-state index is 12.0. The zero-order chi connectivity index (χ0) is 16.3. The summed E-state index contributed by atoms with van der Waals surface area (Å²) in [6.45, 7) is 4.79. The molecule has 22 heavy (non-hydrogen) atoms. The van der Waals surface area contributed by atoms with E-state index in [2.05, 4.69) is 0 Å². The molecule has 3 amide bonds. The van der Waals surface area contributed by atoms with E-state index in [0.29, 0.717) is 31.1 Å². The topological polar surface area (TPSA) is 59.1 Å². The molecule has 0 aliphatic carbocycles. The van der Waals surface area contributed by atoms with Crippen LogP contribution >= 0.6 is 0 Å². The lowest BCUT2D eigenvalue weighted by atomic mass is 10.1. The minimum absolute atomic E-state index is 0.401. The Bertz CT molecular complexity index is 625. The molecule has 118 valence electrons. The van der Waals surface area contributed by atoms with Crippen LogP contribution in [0, 0.1) is 6.92 Å². The molecule has 1 aromatic rings. The molecule has 6 heteroatoms. The van der Waals surface area contributed by atoms with Crippen LogP contribution in [0.25, 0.3) is 6.08 Å². The Morgan fingerprint density at radius 2 is 1.82 bits per heavy atom. The highest BCUT2D eigenvalue weighted by molar-refractivity contribution is 5.86. The molecular weight excluding hydrogens is 284 g/mol. The maximum Gasteiger partial charge on any atom is 0.330 e. The van der Waals surface area contributed by atoms with Crippen molar-refractivity contribution in [1.82, 2.24) is 9.80 Å². The number of ether oxygens (including phenoxy) is 2. The summed E-state index contributed by atoms with van der Waals surface area (Å²) in [5, 5.41) is 0. The van der Waals surface area contributed by atoms with Crippen LogP contribution < -0.4 is 9.47 Å². The van der Waals surface area contributed by atoms with Crippen LogP contribution in [0.5, 0.6) is 11.5 Å². The highest BCUT2D eigenvalue weighted by atomic mass is 16.6. The highest BCUT2D eigenvalue weighted by Crippen LogP contribution is 2.38. The minimum Gasteiger partial charge on any atom is -0.486 e. The molecule has 1 aromatic carbocycles. The van der Waals surface area contributed by atoms with Crippen molar-refractivity contribution in [3.05, 3.63) is 29.0 Å². The van der Waals surface area contributed by atoms with Gasteiger partial charge in [-0.05, 0) is 25.5 Å². The molecule has 0 bridgehead atoms. The van der Waals surface area contributed by atoms with E-state index in [9.17, 15) is 9.59 Å². The zero-order valence-corrected chi connectivity index (χ0v) is 13.3. The highest BCUT2D eigenvalue weighted by Gasteiger charge is 2.19. The number of carbonyl (C=O) groups is 2. The molecule has 2 rings (SSSR count). The van der Waals surface area contributed by atoms with Crippen molar-refractivity contribution in [2.24, 2.45) is 0 Å². The van der Waals surface area contributed by atoms with Crippen molar-refractivity contribution >= 4 is 18.5 Å². The Morgan fingerprint density at radius 1 is 1.18 bits per heavy atom. The number of allylic oxidation sites excluding steroid dienone is 1. The fourth-order valence-electron chi connectivity index (χ4n) is 2.16. The predicted octanol–water partition coefficient (Wildman–Crippen LogP) is 2.27. The van der Waals surface area contributed by atoms with Gasteiger partial charge in [-0.25, -0.2) is 4.79 Å². The number of nitrogens with zero attached hydrogens (tertiary/aromatic N) is 2. The van der Waals surface area contributed by atoms with Gasteiger partial charge in [-0.1, -0.05) is 12.1 Å². The predicted molar refractivity (Wildman–Crippen MR) is 82.8 cm³/mol. The van der Waals surface area contributed by atoms with Crippen LogP contribution in [-0.2, 0) is 4.79 Å². The van der Waals surface area contributed by atoms with E-state index in [4.69, 9.17) is 9.47 Å². The van der Waals surface area contributed by atoms with Crippen molar-refractivity contribution in [2.75, 3.05) is 27.3 Å². The van der Waals surface area contributed by atoms with Crippen LogP contribution in [0.3, 0.4) is 0 Å². The summed E-state index contributed by atoms with van der Waals surface area (Å²) >= 11 is 0. The summed E-state index contributed by atoms with van der Waals surface area (Å²) in [4.78, 5) is 25.1. The van der Waals surface area contributed by atoms with Gasteiger partial charge in [0.15, 0.2) is 11.5 Å². The number of hydrogen-bond donors (Lipinski definition) is 0. The van der Waals surface area contributed by atoms with Crippen LogP contribution in [0.2, 0.25) is 0 Å². The monoisotopic (exact) mass is 304 g/mol. The lowest BCUT2D eigenvalue weighted by Crippen LogP contribution is -2.36. The fourth-order valence-corrected chi connectivity index (χ4v) is 2.16. The molecule has 0 fully saturated rings. The van der Waals surface area contributed by atoms with E-state index < -0.39 is 6.03 Å². The first-order chi connectivity index (χ1) is 10.5. The molecule has 0 radical (unpaired) electrons. The van der Waals surface area contributed by atoms with Gasteiger partial charge in [-0.15, -0.1) is 0 Å². The van der Waals surface area contributed by atoms with Crippen molar-refractivity contribution in [1.29, 1.82) is 0 Å². The maximum absolute atomic E-state index is 12.0. The van der Waals surface area contributed by atoms with E-state index in [-0.39, 0.29) is 0 Å². The van der Waals surface area contributed by atoms with E-state index >= 15 is 0 Å². The van der Waals surface area contributed by atoms with Gasteiger partial charge in [0.2, 0.25) is 6.41 Å². The van der Waals surface area contributed by atoms with Crippen LogP contribution in [0.4, 0.5) is 4.79 Å². The van der Waals surface area contributed by atoms with Gasteiger partial charge >= 0.3 is 6.03 Å². The standard InChI is InChI=1S/C16H20N2O4/c1-11-5-6-13(15-14(11)21-7-8-22-15)9-12(2)18(4)16(20)17(3)10-19/h5-6,9-10H,7-8H2,1-4H3/b12-9+. The number of benzene rings is 1. The van der Waals surface area contributed by atoms with Gasteiger partial charge in [0.05, 0.1) is 0 Å². The molecule has 1 aliphatic heterocycles. The third-order valence-electron chi connectivity index (χ3n) is 3.56. The molecular formula is C16H20N2O4. The fraction of sp³-hybridized carbons (Fsp3) is 0.375. The molecule has 0 saturated carbocycles. The summed E-state index contributed by atoms with van der Waals surface area (Å²) in [6, 6.07) is 3.47. The third-order valence-corrected chi connectivity index (χ3v) is 3.56. The van der Waals surface area contributed by atoms with E-state index in [1.165, 1.54) is 11.9 Å². The number of urea groups is 1. The first-order valence-corrected chi connectivity index (χ1v) is 6.99. The van der Waals surface area contributed by atoms with Crippen molar-refractivity contribution < 1.29 is 19.1 Å². The normalized spacial score (nSPS) is 13.5. The molecule has 0 aromatic heterocycles. The quantitative estimate of drug-likeness (QED) is 0.804. The Labute approximate surface area is 129 Å². The second-order valence-electron chi connectivity index (χ2n) is 5.17. The Balaban J connectivity index is 2.33. The largest absolute Gasteiger partial charge is 0.486 e. The van der Waals surface area contributed by atoms with E-state index in [1.54, 1.807) is 14.0 Å². The van der Waals surface area contributed by atoms with Crippen LogP contribution in [0.15, 0.2) is 17.8 Å². The van der Waals surface area contributed by atoms with Gasteiger partial charge in [0.25, 0.3) is 0 Å². The first-order valence-electron chi connectivity index (χ1n) is 6.99. The second-order valence-corrected chi connectivity index (χ2v) is 5.17. The summed E-state index contributed by atoms with van der Waals surface area (Å²) in [5.41, 5.74) is 2.54. The molecule has 0 N–H and O–H groups in total. The number of hydrogen-bond acceptors (Lipinski definition) is 4. The van der Waals surface area contributed by atoms with E-state index in [0.717, 1.165) is 21.8 Å². The molecule has 0 unspecified atom stereocenters. The van der Waals surface area contributed by atoms with Gasteiger partial charge in [-0.2, -0.15) is 0 Å². The average molecular weight is 304 g/mol. The molecule has 1 heterocycles. The number of aryl methyl sites for hydroxylation is 1. The van der Waals surface area contributed by atoms with Gasteiger partial charge < -0.3 is 14.4 Å². The summed E-state index contributed by atoms with van der Waals surface area (Å²) in [6.07, 6.45) is 2.32. The van der Waals surface area contributed by atoms with Gasteiger partial charge in [0, 0.05) is 25.4 Å². The zero-order valence-electron chi connectivity index (χ0n) is 13.3. The lowest BCUT2D eigenvalue weighted by molar-refractivity contribution is -0.115. The smallest absolute Gasteiger partial charge is 0.330 e. The molecule has 0 saturated heterocycles. The molecule has 0 atom stereocenters. The number of amides is 3. The Morgan fingerprint density at radius 3 is 2.45 bits per heavy atom. The van der Waals surface area contributed by atoms with Crippen molar-refractivity contribution in [3.8, 4) is 11.5 Å². The minimum atomic E-state index is -0.401. The van der Waals surface area contributed by atoms with E-state index in [1.807, 2.05) is 25.1 Å².